The summed E-state index contributed by atoms with van der Waals surface area (Å²) >= 11 is 1.51. The smallest absolute Gasteiger partial charge is 0.336 e. The molecule has 0 saturated carbocycles. The predicted molar refractivity (Wildman–Crippen MR) is 84.8 cm³/mol. The molecule has 0 aliphatic carbocycles. The first-order valence-corrected chi connectivity index (χ1v) is 8.13. The second-order valence-corrected chi connectivity index (χ2v) is 5.86. The standard InChI is InChI=1S/C16H20N2O2S/c1-3-13(4-2)18-10-9-12(17-18)11-21-15-8-6-5-7-14(15)16(19)20/h5-10,13H,3-4,11H2,1-2H3,(H,19,20). The van der Waals surface area contributed by atoms with Gasteiger partial charge in [0.15, 0.2) is 0 Å². The number of aromatic carboxylic acids is 1. The van der Waals surface area contributed by atoms with E-state index in [-0.39, 0.29) is 0 Å². The molecule has 1 aromatic carbocycles. The molecule has 0 aliphatic heterocycles. The summed E-state index contributed by atoms with van der Waals surface area (Å²) in [4.78, 5) is 12.0. The molecular formula is C16H20N2O2S. The normalized spacial score (nSPS) is 11.0. The Balaban J connectivity index is 2.05. The highest BCUT2D eigenvalue weighted by molar-refractivity contribution is 7.98. The molecule has 21 heavy (non-hydrogen) atoms. The van der Waals surface area contributed by atoms with Gasteiger partial charge in [0.05, 0.1) is 17.3 Å². The van der Waals surface area contributed by atoms with Crippen molar-refractivity contribution in [3.63, 3.8) is 0 Å². The van der Waals surface area contributed by atoms with E-state index in [9.17, 15) is 9.90 Å². The van der Waals surface area contributed by atoms with Crippen LogP contribution in [0.1, 0.15) is 48.8 Å². The molecule has 2 rings (SSSR count). The number of carboxylic acid groups (broad SMARTS) is 1. The van der Waals surface area contributed by atoms with Gasteiger partial charge >= 0.3 is 5.97 Å². The number of benzene rings is 1. The van der Waals surface area contributed by atoms with Gasteiger partial charge in [-0.3, -0.25) is 4.68 Å². The van der Waals surface area contributed by atoms with E-state index in [0.29, 0.717) is 17.4 Å². The van der Waals surface area contributed by atoms with Gasteiger partial charge in [-0.25, -0.2) is 4.79 Å². The third-order valence-electron chi connectivity index (χ3n) is 3.47. The number of thioether (sulfide) groups is 1. The zero-order valence-electron chi connectivity index (χ0n) is 12.3. The van der Waals surface area contributed by atoms with Gasteiger partial charge in [-0.2, -0.15) is 5.10 Å². The van der Waals surface area contributed by atoms with Crippen LogP contribution in [0.25, 0.3) is 0 Å². The first-order chi connectivity index (χ1) is 10.2. The van der Waals surface area contributed by atoms with E-state index in [1.807, 2.05) is 29.1 Å². The van der Waals surface area contributed by atoms with E-state index >= 15 is 0 Å². The Morgan fingerprint density at radius 1 is 1.29 bits per heavy atom. The van der Waals surface area contributed by atoms with Crippen molar-refractivity contribution < 1.29 is 9.90 Å². The maximum Gasteiger partial charge on any atom is 0.336 e. The molecule has 112 valence electrons. The summed E-state index contributed by atoms with van der Waals surface area (Å²) in [6, 6.07) is 9.52. The van der Waals surface area contributed by atoms with E-state index in [1.54, 1.807) is 12.1 Å². The van der Waals surface area contributed by atoms with Crippen molar-refractivity contribution in [1.82, 2.24) is 9.78 Å². The zero-order chi connectivity index (χ0) is 15.2. The fourth-order valence-corrected chi connectivity index (χ4v) is 3.18. The van der Waals surface area contributed by atoms with Crippen LogP contribution in [0.3, 0.4) is 0 Å². The average molecular weight is 304 g/mol. The summed E-state index contributed by atoms with van der Waals surface area (Å²) in [6.07, 6.45) is 4.13. The number of nitrogens with zero attached hydrogens (tertiary/aromatic N) is 2. The molecule has 0 aliphatic rings. The van der Waals surface area contributed by atoms with Gasteiger partial charge in [0.2, 0.25) is 0 Å². The van der Waals surface area contributed by atoms with Gasteiger partial charge in [0.25, 0.3) is 0 Å². The van der Waals surface area contributed by atoms with Gasteiger partial charge in [-0.15, -0.1) is 11.8 Å². The van der Waals surface area contributed by atoms with Crippen molar-refractivity contribution in [3.8, 4) is 0 Å². The van der Waals surface area contributed by atoms with E-state index < -0.39 is 5.97 Å². The van der Waals surface area contributed by atoms with Gasteiger partial charge in [-0.05, 0) is 31.0 Å². The highest BCUT2D eigenvalue weighted by Gasteiger charge is 2.11. The number of carbonyl (C=O) groups is 1. The summed E-state index contributed by atoms with van der Waals surface area (Å²) in [6.45, 7) is 4.32. The Bertz CT molecular complexity index is 606. The lowest BCUT2D eigenvalue weighted by Crippen LogP contribution is -2.07. The molecular weight excluding hydrogens is 284 g/mol. The lowest BCUT2D eigenvalue weighted by molar-refractivity contribution is 0.0693. The molecule has 1 N–H and O–H groups in total. The van der Waals surface area contributed by atoms with Gasteiger partial charge < -0.3 is 5.11 Å². The van der Waals surface area contributed by atoms with Crippen LogP contribution >= 0.6 is 11.8 Å². The van der Waals surface area contributed by atoms with Crippen molar-refractivity contribution in [3.05, 3.63) is 47.8 Å². The third-order valence-corrected chi connectivity index (χ3v) is 4.58. The molecule has 0 amide bonds. The largest absolute Gasteiger partial charge is 0.478 e. The van der Waals surface area contributed by atoms with Crippen molar-refractivity contribution in [1.29, 1.82) is 0 Å². The molecule has 1 aromatic heterocycles. The summed E-state index contributed by atoms with van der Waals surface area (Å²) in [5, 5.41) is 13.8. The summed E-state index contributed by atoms with van der Waals surface area (Å²) in [5.74, 6) is -0.210. The SMILES string of the molecule is CCC(CC)n1ccc(CSc2ccccc2C(=O)O)n1. The highest BCUT2D eigenvalue weighted by Crippen LogP contribution is 2.26. The van der Waals surface area contributed by atoms with Crippen LogP contribution in [-0.2, 0) is 5.75 Å². The molecule has 0 spiro atoms. The van der Waals surface area contributed by atoms with E-state index in [0.717, 1.165) is 23.4 Å². The second kappa shape index (κ2) is 7.31. The Kier molecular flexibility index (Phi) is 5.44. The van der Waals surface area contributed by atoms with Crippen molar-refractivity contribution in [2.24, 2.45) is 0 Å². The number of hydrogen-bond acceptors (Lipinski definition) is 3. The highest BCUT2D eigenvalue weighted by atomic mass is 32.2. The minimum Gasteiger partial charge on any atom is -0.478 e. The Labute approximate surface area is 129 Å². The minimum atomic E-state index is -0.888. The molecule has 0 atom stereocenters. The quantitative estimate of drug-likeness (QED) is 0.778. The minimum absolute atomic E-state index is 0.349. The van der Waals surface area contributed by atoms with Gasteiger partial charge in [0.1, 0.15) is 0 Å². The summed E-state index contributed by atoms with van der Waals surface area (Å²) in [5.41, 5.74) is 1.33. The van der Waals surface area contributed by atoms with Crippen molar-refractivity contribution in [2.75, 3.05) is 0 Å². The molecule has 0 radical (unpaired) electrons. The molecule has 4 nitrogen and oxygen atoms in total. The molecule has 0 saturated heterocycles. The first-order valence-electron chi connectivity index (χ1n) is 7.14. The maximum atomic E-state index is 11.2. The van der Waals surface area contributed by atoms with Crippen LogP contribution < -0.4 is 0 Å². The van der Waals surface area contributed by atoms with E-state index in [1.165, 1.54) is 11.8 Å². The predicted octanol–water partition coefficient (Wildman–Crippen LogP) is 4.23. The van der Waals surface area contributed by atoms with Gasteiger partial charge in [-0.1, -0.05) is 26.0 Å². The topological polar surface area (TPSA) is 55.1 Å². The monoisotopic (exact) mass is 304 g/mol. The van der Waals surface area contributed by atoms with Crippen LogP contribution in [0.5, 0.6) is 0 Å². The van der Waals surface area contributed by atoms with Crippen LogP contribution in [-0.4, -0.2) is 20.9 Å². The molecule has 0 unspecified atom stereocenters. The fourth-order valence-electron chi connectivity index (χ4n) is 2.24. The lowest BCUT2D eigenvalue weighted by atomic mass is 10.2. The maximum absolute atomic E-state index is 11.2. The zero-order valence-corrected chi connectivity index (χ0v) is 13.1. The number of hydrogen-bond donors (Lipinski definition) is 1. The van der Waals surface area contributed by atoms with Crippen LogP contribution in [0.15, 0.2) is 41.4 Å². The Morgan fingerprint density at radius 2 is 2.00 bits per heavy atom. The third kappa shape index (κ3) is 3.88. The lowest BCUT2D eigenvalue weighted by Gasteiger charge is -2.12. The average Bonchev–Trinajstić information content (AvgIpc) is 2.95. The summed E-state index contributed by atoms with van der Waals surface area (Å²) in [7, 11) is 0. The molecule has 2 aromatic rings. The number of carboxylic acids is 1. The second-order valence-electron chi connectivity index (χ2n) is 4.85. The summed E-state index contributed by atoms with van der Waals surface area (Å²) < 4.78 is 2.01. The number of rotatable bonds is 7. The van der Waals surface area contributed by atoms with Crippen molar-refractivity contribution in [2.45, 2.75) is 43.4 Å². The van der Waals surface area contributed by atoms with Gasteiger partial charge in [0, 0.05) is 16.8 Å². The molecule has 0 fully saturated rings. The van der Waals surface area contributed by atoms with E-state index in [2.05, 4.69) is 18.9 Å². The molecule has 1 heterocycles. The Hall–Kier alpha value is -1.75. The molecule has 0 bridgehead atoms. The van der Waals surface area contributed by atoms with Crippen molar-refractivity contribution >= 4 is 17.7 Å². The number of aromatic nitrogens is 2. The Morgan fingerprint density at radius 3 is 2.67 bits per heavy atom. The van der Waals surface area contributed by atoms with Crippen LogP contribution in [0.4, 0.5) is 0 Å². The van der Waals surface area contributed by atoms with E-state index in [4.69, 9.17) is 0 Å². The fraction of sp³-hybridized carbons (Fsp3) is 0.375. The molecule has 5 heteroatoms. The first kappa shape index (κ1) is 15.6. The van der Waals surface area contributed by atoms with Crippen LogP contribution in [0.2, 0.25) is 0 Å². The van der Waals surface area contributed by atoms with Crippen LogP contribution in [0, 0.1) is 0 Å².